The van der Waals surface area contributed by atoms with Crippen molar-refractivity contribution < 1.29 is 9.59 Å². The predicted molar refractivity (Wildman–Crippen MR) is 61.0 cm³/mol. The summed E-state index contributed by atoms with van der Waals surface area (Å²) in [6.07, 6.45) is 2.39. The van der Waals surface area contributed by atoms with Crippen LogP contribution >= 0.6 is 23.2 Å². The van der Waals surface area contributed by atoms with Gasteiger partial charge in [-0.05, 0) is 6.42 Å². The van der Waals surface area contributed by atoms with Gasteiger partial charge in [0.05, 0.1) is 0 Å². The summed E-state index contributed by atoms with van der Waals surface area (Å²) in [5, 5.41) is 5.15. The van der Waals surface area contributed by atoms with Crippen LogP contribution in [0.4, 0.5) is 0 Å². The van der Waals surface area contributed by atoms with Gasteiger partial charge in [0.15, 0.2) is 4.84 Å². The fourth-order valence-electron chi connectivity index (χ4n) is 0.890. The minimum absolute atomic E-state index is 0.000559. The Morgan fingerprint density at radius 2 is 1.80 bits per heavy atom. The molecule has 0 unspecified atom stereocenters. The topological polar surface area (TPSA) is 58.2 Å². The number of unbranched alkanes of at least 4 members (excludes halogenated alkanes) is 1. The quantitative estimate of drug-likeness (QED) is 0.530. The lowest BCUT2D eigenvalue weighted by Crippen LogP contribution is -2.36. The number of hydrogen-bond acceptors (Lipinski definition) is 2. The number of halogens is 2. The van der Waals surface area contributed by atoms with Crippen LogP contribution in [-0.2, 0) is 9.59 Å². The number of hydrogen-bond donors (Lipinski definition) is 2. The van der Waals surface area contributed by atoms with E-state index in [-0.39, 0.29) is 5.91 Å². The number of nitrogens with one attached hydrogen (secondary N) is 2. The van der Waals surface area contributed by atoms with Crippen LogP contribution in [0.5, 0.6) is 0 Å². The van der Waals surface area contributed by atoms with Crippen LogP contribution in [0.2, 0.25) is 0 Å². The monoisotopic (exact) mass is 254 g/mol. The van der Waals surface area contributed by atoms with Crippen molar-refractivity contribution in [3.05, 3.63) is 0 Å². The maximum atomic E-state index is 11.1. The van der Waals surface area contributed by atoms with Crippen LogP contribution in [-0.4, -0.2) is 29.7 Å². The van der Waals surface area contributed by atoms with E-state index in [4.69, 9.17) is 23.2 Å². The Balaban J connectivity index is 3.38. The molecular weight excluding hydrogens is 239 g/mol. The van der Waals surface area contributed by atoms with Crippen molar-refractivity contribution >= 4 is 35.0 Å². The highest BCUT2D eigenvalue weighted by molar-refractivity contribution is 6.53. The van der Waals surface area contributed by atoms with E-state index >= 15 is 0 Å². The summed E-state index contributed by atoms with van der Waals surface area (Å²) in [6.45, 7) is 2.76. The van der Waals surface area contributed by atoms with Crippen LogP contribution in [0, 0.1) is 0 Å². The van der Waals surface area contributed by atoms with E-state index in [2.05, 4.69) is 10.6 Å². The fraction of sp³-hybridized carbons (Fsp3) is 0.778. The normalized spacial score (nSPS) is 10.1. The Labute approximate surface area is 99.7 Å². The second-order valence-electron chi connectivity index (χ2n) is 3.05. The smallest absolute Gasteiger partial charge is 0.253 e. The second kappa shape index (κ2) is 8.80. The molecule has 0 bridgehead atoms. The molecule has 0 aromatic heterocycles. The molecule has 4 nitrogen and oxygen atoms in total. The second-order valence-corrected chi connectivity index (χ2v) is 4.14. The summed E-state index contributed by atoms with van der Waals surface area (Å²) < 4.78 is 0. The zero-order chi connectivity index (χ0) is 11.7. The van der Waals surface area contributed by atoms with Gasteiger partial charge in [-0.25, -0.2) is 0 Å². The molecule has 0 rings (SSSR count). The van der Waals surface area contributed by atoms with E-state index < -0.39 is 10.7 Å². The van der Waals surface area contributed by atoms with Gasteiger partial charge < -0.3 is 10.6 Å². The van der Waals surface area contributed by atoms with Crippen molar-refractivity contribution in [3.8, 4) is 0 Å². The van der Waals surface area contributed by atoms with Gasteiger partial charge in [-0.1, -0.05) is 36.5 Å². The molecule has 2 amide bonds. The van der Waals surface area contributed by atoms with Crippen molar-refractivity contribution in [2.75, 3.05) is 13.1 Å². The van der Waals surface area contributed by atoms with Crippen molar-refractivity contribution in [1.82, 2.24) is 10.6 Å². The standard InChI is InChI=1S/C9H16Cl2N2O2/c1-2-3-4-7(14)12-5-6-13-9(15)8(10)11/h8H,2-6H2,1H3,(H,12,14)(H,13,15). The average Bonchev–Trinajstić information content (AvgIpc) is 2.20. The Hall–Kier alpha value is -0.480. The van der Waals surface area contributed by atoms with Crippen LogP contribution in [0.15, 0.2) is 0 Å². The first-order chi connectivity index (χ1) is 7.07. The maximum absolute atomic E-state index is 11.1. The predicted octanol–water partition coefficient (Wildman–Crippen LogP) is 1.21. The summed E-state index contributed by atoms with van der Waals surface area (Å²) in [4.78, 5) is 20.9. The zero-order valence-corrected chi connectivity index (χ0v) is 10.2. The molecule has 2 N–H and O–H groups in total. The lowest BCUT2D eigenvalue weighted by Gasteiger charge is -2.06. The molecule has 88 valence electrons. The summed E-state index contributed by atoms with van der Waals surface area (Å²) in [6, 6.07) is 0. The molecule has 0 saturated carbocycles. The van der Waals surface area contributed by atoms with Crippen LogP contribution in [0.1, 0.15) is 26.2 Å². The molecule has 6 heteroatoms. The number of rotatable bonds is 7. The minimum atomic E-state index is -1.05. The molecule has 0 aliphatic rings. The van der Waals surface area contributed by atoms with Gasteiger partial charge >= 0.3 is 0 Å². The van der Waals surface area contributed by atoms with Crippen molar-refractivity contribution in [1.29, 1.82) is 0 Å². The Morgan fingerprint density at radius 3 is 2.33 bits per heavy atom. The van der Waals surface area contributed by atoms with E-state index in [9.17, 15) is 9.59 Å². The fourth-order valence-corrected chi connectivity index (χ4v) is 1.04. The van der Waals surface area contributed by atoms with E-state index in [1.807, 2.05) is 6.92 Å². The number of amides is 2. The summed E-state index contributed by atoms with van der Waals surface area (Å²) in [5.74, 6) is -0.444. The van der Waals surface area contributed by atoms with Crippen molar-refractivity contribution in [2.24, 2.45) is 0 Å². The highest BCUT2D eigenvalue weighted by Crippen LogP contribution is 1.99. The highest BCUT2D eigenvalue weighted by atomic mass is 35.5. The third-order valence-electron chi connectivity index (χ3n) is 1.70. The van der Waals surface area contributed by atoms with E-state index in [0.29, 0.717) is 19.5 Å². The highest BCUT2D eigenvalue weighted by Gasteiger charge is 2.09. The molecule has 0 fully saturated rings. The van der Waals surface area contributed by atoms with Gasteiger partial charge in [0, 0.05) is 19.5 Å². The molecule has 0 radical (unpaired) electrons. The molecule has 0 saturated heterocycles. The van der Waals surface area contributed by atoms with E-state index in [1.165, 1.54) is 0 Å². The first-order valence-corrected chi connectivity index (χ1v) is 5.77. The maximum Gasteiger partial charge on any atom is 0.253 e. The van der Waals surface area contributed by atoms with Crippen LogP contribution in [0.3, 0.4) is 0 Å². The lowest BCUT2D eigenvalue weighted by molar-refractivity contribution is -0.122. The molecule has 0 aliphatic carbocycles. The summed E-state index contributed by atoms with van der Waals surface area (Å²) in [7, 11) is 0. The Bertz CT molecular complexity index is 210. The SMILES string of the molecule is CCCCC(=O)NCCNC(=O)C(Cl)Cl. The van der Waals surface area contributed by atoms with Crippen molar-refractivity contribution in [2.45, 2.75) is 31.0 Å². The third-order valence-corrected chi connectivity index (χ3v) is 2.10. The van der Waals surface area contributed by atoms with Gasteiger partial charge in [-0.2, -0.15) is 0 Å². The molecule has 15 heavy (non-hydrogen) atoms. The van der Waals surface area contributed by atoms with E-state index in [0.717, 1.165) is 12.8 Å². The summed E-state index contributed by atoms with van der Waals surface area (Å²) in [5.41, 5.74) is 0. The summed E-state index contributed by atoms with van der Waals surface area (Å²) >= 11 is 10.6. The molecule has 0 aromatic carbocycles. The molecule has 0 aliphatic heterocycles. The zero-order valence-electron chi connectivity index (χ0n) is 8.69. The van der Waals surface area contributed by atoms with Crippen LogP contribution in [0.25, 0.3) is 0 Å². The largest absolute Gasteiger partial charge is 0.354 e. The van der Waals surface area contributed by atoms with Crippen molar-refractivity contribution in [3.63, 3.8) is 0 Å². The first-order valence-electron chi connectivity index (χ1n) is 4.90. The van der Waals surface area contributed by atoms with Gasteiger partial charge in [-0.3, -0.25) is 9.59 Å². The molecule has 0 heterocycles. The molecule has 0 spiro atoms. The Morgan fingerprint density at radius 1 is 1.20 bits per heavy atom. The average molecular weight is 255 g/mol. The number of carbonyl (C=O) groups excluding carboxylic acids is 2. The third kappa shape index (κ3) is 8.51. The van der Waals surface area contributed by atoms with Gasteiger partial charge in [0.25, 0.3) is 5.91 Å². The Kier molecular flexibility index (Phi) is 8.52. The molecule has 0 aromatic rings. The first kappa shape index (κ1) is 14.5. The van der Waals surface area contributed by atoms with Gasteiger partial charge in [0.2, 0.25) is 5.91 Å². The minimum Gasteiger partial charge on any atom is -0.354 e. The lowest BCUT2D eigenvalue weighted by atomic mass is 10.2. The number of carbonyl (C=O) groups is 2. The van der Waals surface area contributed by atoms with E-state index in [1.54, 1.807) is 0 Å². The molecule has 0 atom stereocenters. The van der Waals surface area contributed by atoms with Gasteiger partial charge in [-0.15, -0.1) is 0 Å². The molecular formula is C9H16Cl2N2O2. The van der Waals surface area contributed by atoms with Crippen LogP contribution < -0.4 is 10.6 Å². The number of alkyl halides is 2. The van der Waals surface area contributed by atoms with Gasteiger partial charge in [0.1, 0.15) is 0 Å².